The Bertz CT molecular complexity index is 375. The average molecular weight is 301 g/mol. The predicted octanol–water partition coefficient (Wildman–Crippen LogP) is 2.92. The van der Waals surface area contributed by atoms with Gasteiger partial charge in [-0.1, -0.05) is 15.9 Å². The van der Waals surface area contributed by atoms with E-state index >= 15 is 0 Å². The second kappa shape index (κ2) is 5.85. The largest absolute Gasteiger partial charge is 0.496 e. The second-order valence-electron chi connectivity index (χ2n) is 4.28. The molecule has 0 radical (unpaired) electrons. The van der Waals surface area contributed by atoms with Crippen molar-refractivity contribution in [1.82, 2.24) is 0 Å². The number of halogens is 1. The van der Waals surface area contributed by atoms with Gasteiger partial charge in [-0.05, 0) is 37.0 Å². The van der Waals surface area contributed by atoms with Crippen LogP contribution in [0, 0.1) is 5.92 Å². The standard InChI is InChI=1S/C13H17BrO3/c1-16-12-3-2-10(14)8-11(12)13(15)9-4-6-17-7-5-9/h2-3,8-9,13,15H,4-7H2,1H3. The van der Waals surface area contributed by atoms with Gasteiger partial charge >= 0.3 is 0 Å². The van der Waals surface area contributed by atoms with Crippen LogP contribution in [0.4, 0.5) is 0 Å². The topological polar surface area (TPSA) is 38.7 Å². The molecule has 3 nitrogen and oxygen atoms in total. The molecule has 1 aromatic carbocycles. The van der Waals surface area contributed by atoms with Crippen LogP contribution >= 0.6 is 15.9 Å². The van der Waals surface area contributed by atoms with Gasteiger partial charge in [0, 0.05) is 23.2 Å². The SMILES string of the molecule is COc1ccc(Br)cc1C(O)C1CCOCC1. The molecule has 1 aliphatic heterocycles. The molecule has 1 heterocycles. The lowest BCUT2D eigenvalue weighted by Crippen LogP contribution is -2.22. The van der Waals surface area contributed by atoms with Gasteiger partial charge in [-0.2, -0.15) is 0 Å². The Morgan fingerprint density at radius 3 is 2.76 bits per heavy atom. The maximum Gasteiger partial charge on any atom is 0.124 e. The van der Waals surface area contributed by atoms with E-state index in [9.17, 15) is 5.11 Å². The van der Waals surface area contributed by atoms with Crippen molar-refractivity contribution in [2.24, 2.45) is 5.92 Å². The fourth-order valence-electron chi connectivity index (χ4n) is 2.22. The van der Waals surface area contributed by atoms with Crippen molar-refractivity contribution in [3.63, 3.8) is 0 Å². The minimum Gasteiger partial charge on any atom is -0.496 e. The molecule has 0 amide bonds. The third-order valence-electron chi connectivity index (χ3n) is 3.22. The van der Waals surface area contributed by atoms with E-state index in [0.717, 1.165) is 41.8 Å². The summed E-state index contributed by atoms with van der Waals surface area (Å²) in [7, 11) is 1.63. The first-order valence-corrected chi connectivity index (χ1v) is 6.61. The van der Waals surface area contributed by atoms with Gasteiger partial charge in [0.15, 0.2) is 0 Å². The lowest BCUT2D eigenvalue weighted by atomic mass is 9.89. The Kier molecular flexibility index (Phi) is 4.42. The first-order valence-electron chi connectivity index (χ1n) is 5.81. The van der Waals surface area contributed by atoms with Crippen molar-refractivity contribution >= 4 is 15.9 Å². The van der Waals surface area contributed by atoms with Crippen LogP contribution < -0.4 is 4.74 Å². The van der Waals surface area contributed by atoms with Gasteiger partial charge in [0.2, 0.25) is 0 Å². The van der Waals surface area contributed by atoms with Crippen LogP contribution in [0.15, 0.2) is 22.7 Å². The molecule has 1 unspecified atom stereocenters. The summed E-state index contributed by atoms with van der Waals surface area (Å²) in [5.74, 6) is 0.999. The van der Waals surface area contributed by atoms with E-state index in [1.54, 1.807) is 7.11 Å². The Hall–Kier alpha value is -0.580. The first kappa shape index (κ1) is 12.9. The highest BCUT2D eigenvalue weighted by molar-refractivity contribution is 9.10. The summed E-state index contributed by atoms with van der Waals surface area (Å²) in [6, 6.07) is 5.72. The third kappa shape index (κ3) is 3.00. The predicted molar refractivity (Wildman–Crippen MR) is 69.2 cm³/mol. The van der Waals surface area contributed by atoms with Gasteiger partial charge in [0.25, 0.3) is 0 Å². The number of hydrogen-bond donors (Lipinski definition) is 1. The van der Waals surface area contributed by atoms with Crippen LogP contribution in [0.5, 0.6) is 5.75 Å². The van der Waals surface area contributed by atoms with Crippen molar-refractivity contribution in [1.29, 1.82) is 0 Å². The summed E-state index contributed by atoms with van der Waals surface area (Å²) in [4.78, 5) is 0. The molecule has 1 atom stereocenters. The zero-order valence-corrected chi connectivity index (χ0v) is 11.4. The van der Waals surface area contributed by atoms with Gasteiger partial charge in [-0.3, -0.25) is 0 Å². The van der Waals surface area contributed by atoms with Crippen molar-refractivity contribution in [2.45, 2.75) is 18.9 Å². The highest BCUT2D eigenvalue weighted by atomic mass is 79.9. The Morgan fingerprint density at radius 2 is 2.12 bits per heavy atom. The van der Waals surface area contributed by atoms with Crippen LogP contribution in [0.25, 0.3) is 0 Å². The summed E-state index contributed by atoms with van der Waals surface area (Å²) < 4.78 is 11.6. The number of aliphatic hydroxyl groups excluding tert-OH is 1. The molecule has 2 rings (SSSR count). The van der Waals surface area contributed by atoms with Crippen LogP contribution in [0.1, 0.15) is 24.5 Å². The molecule has 0 saturated carbocycles. The van der Waals surface area contributed by atoms with Gasteiger partial charge < -0.3 is 14.6 Å². The van der Waals surface area contributed by atoms with E-state index in [1.165, 1.54) is 0 Å². The maximum absolute atomic E-state index is 10.4. The number of hydrogen-bond acceptors (Lipinski definition) is 3. The number of aliphatic hydroxyl groups is 1. The van der Waals surface area contributed by atoms with Crippen molar-refractivity contribution in [2.75, 3.05) is 20.3 Å². The van der Waals surface area contributed by atoms with E-state index in [0.29, 0.717) is 0 Å². The maximum atomic E-state index is 10.4. The summed E-state index contributed by atoms with van der Waals surface area (Å²) in [5, 5.41) is 10.4. The van der Waals surface area contributed by atoms with Crippen molar-refractivity contribution in [3.8, 4) is 5.75 Å². The van der Waals surface area contributed by atoms with E-state index in [4.69, 9.17) is 9.47 Å². The lowest BCUT2D eigenvalue weighted by molar-refractivity contribution is 0.00635. The van der Waals surface area contributed by atoms with Crippen molar-refractivity contribution in [3.05, 3.63) is 28.2 Å². The van der Waals surface area contributed by atoms with E-state index in [1.807, 2.05) is 18.2 Å². The Morgan fingerprint density at radius 1 is 1.41 bits per heavy atom. The minimum atomic E-state index is -0.480. The fraction of sp³-hybridized carbons (Fsp3) is 0.538. The number of rotatable bonds is 3. The highest BCUT2D eigenvalue weighted by Crippen LogP contribution is 2.36. The average Bonchev–Trinajstić information content (AvgIpc) is 2.39. The number of ether oxygens (including phenoxy) is 2. The molecular formula is C13H17BrO3. The molecule has 0 spiro atoms. The minimum absolute atomic E-state index is 0.256. The molecule has 1 aliphatic rings. The quantitative estimate of drug-likeness (QED) is 0.933. The Labute approximate surface area is 110 Å². The zero-order valence-electron chi connectivity index (χ0n) is 9.86. The van der Waals surface area contributed by atoms with E-state index in [2.05, 4.69) is 15.9 Å². The van der Waals surface area contributed by atoms with E-state index < -0.39 is 6.10 Å². The normalized spacial score (nSPS) is 19.0. The zero-order chi connectivity index (χ0) is 12.3. The molecule has 1 N–H and O–H groups in total. The van der Waals surface area contributed by atoms with Crippen LogP contribution in [0.2, 0.25) is 0 Å². The van der Waals surface area contributed by atoms with Gasteiger partial charge in [-0.25, -0.2) is 0 Å². The van der Waals surface area contributed by atoms with Crippen LogP contribution in [-0.2, 0) is 4.74 Å². The van der Waals surface area contributed by atoms with Gasteiger partial charge in [0.05, 0.1) is 13.2 Å². The second-order valence-corrected chi connectivity index (χ2v) is 5.20. The smallest absolute Gasteiger partial charge is 0.124 e. The molecular weight excluding hydrogens is 284 g/mol. The van der Waals surface area contributed by atoms with Crippen LogP contribution in [-0.4, -0.2) is 25.4 Å². The van der Waals surface area contributed by atoms with Crippen molar-refractivity contribution < 1.29 is 14.6 Å². The fourth-order valence-corrected chi connectivity index (χ4v) is 2.60. The molecule has 1 saturated heterocycles. The number of methoxy groups -OCH3 is 1. The van der Waals surface area contributed by atoms with Crippen LogP contribution in [0.3, 0.4) is 0 Å². The summed E-state index contributed by atoms with van der Waals surface area (Å²) >= 11 is 3.43. The first-order chi connectivity index (χ1) is 8.22. The molecule has 0 aromatic heterocycles. The molecule has 1 fully saturated rings. The molecule has 0 bridgehead atoms. The molecule has 1 aromatic rings. The summed E-state index contributed by atoms with van der Waals surface area (Å²) in [5.41, 5.74) is 0.855. The van der Waals surface area contributed by atoms with Gasteiger partial charge in [-0.15, -0.1) is 0 Å². The van der Waals surface area contributed by atoms with E-state index in [-0.39, 0.29) is 5.92 Å². The monoisotopic (exact) mass is 300 g/mol. The lowest BCUT2D eigenvalue weighted by Gasteiger charge is -2.27. The molecule has 4 heteroatoms. The Balaban J connectivity index is 2.21. The summed E-state index contributed by atoms with van der Waals surface area (Å²) in [6.07, 6.45) is 1.32. The highest BCUT2D eigenvalue weighted by Gasteiger charge is 2.25. The summed E-state index contributed by atoms with van der Waals surface area (Å²) in [6.45, 7) is 1.47. The van der Waals surface area contributed by atoms with Gasteiger partial charge in [0.1, 0.15) is 5.75 Å². The molecule has 94 valence electrons. The molecule has 0 aliphatic carbocycles. The number of benzene rings is 1. The molecule has 17 heavy (non-hydrogen) atoms. The third-order valence-corrected chi connectivity index (χ3v) is 3.72.